The summed E-state index contributed by atoms with van der Waals surface area (Å²) in [7, 11) is 0. The van der Waals surface area contributed by atoms with Gasteiger partial charge in [-0.1, -0.05) is 0 Å². The number of carbonyl (C=O) groups excluding carboxylic acids is 1. The third kappa shape index (κ3) is 0.824. The topological polar surface area (TPSA) is 44.7 Å². The maximum Gasteiger partial charge on any atom is 0.249 e. The van der Waals surface area contributed by atoms with Gasteiger partial charge in [0.1, 0.15) is 6.04 Å². The molecule has 0 spiro atoms. The summed E-state index contributed by atoms with van der Waals surface area (Å²) in [5.74, 6) is 0.720. The number of nitrogens with zero attached hydrogens (tertiary/aromatic N) is 2. The molecular weight excluding hydrogens is 142 g/mol. The summed E-state index contributed by atoms with van der Waals surface area (Å²) in [6.45, 7) is 2.65. The van der Waals surface area contributed by atoms with Crippen molar-refractivity contribution in [1.29, 1.82) is 0 Å². The highest BCUT2D eigenvalue weighted by atomic mass is 16.2. The van der Waals surface area contributed by atoms with Crippen molar-refractivity contribution >= 4 is 11.9 Å². The van der Waals surface area contributed by atoms with Crippen LogP contribution in [0.5, 0.6) is 0 Å². The lowest BCUT2D eigenvalue weighted by atomic mass is 10.3. The molecule has 0 saturated carbocycles. The molecule has 11 heavy (non-hydrogen) atoms. The molecule has 0 bridgehead atoms. The number of aliphatic imine (C=N–C) groups is 1. The number of fused-ring (bicyclic) bond motifs is 1. The minimum Gasteiger partial charge on any atom is -0.327 e. The first-order chi connectivity index (χ1) is 5.29. The second kappa shape index (κ2) is 2.08. The Balaban J connectivity index is 2.30. The van der Waals surface area contributed by atoms with Gasteiger partial charge >= 0.3 is 0 Å². The number of rotatable bonds is 0. The summed E-state index contributed by atoms with van der Waals surface area (Å²) >= 11 is 0. The molecule has 0 aromatic carbocycles. The smallest absolute Gasteiger partial charge is 0.249 e. The Bertz CT molecular complexity index is 256. The highest BCUT2D eigenvalue weighted by Gasteiger charge is 2.32. The molecule has 2 rings (SSSR count). The van der Waals surface area contributed by atoms with Crippen LogP contribution in [-0.2, 0) is 4.79 Å². The van der Waals surface area contributed by atoms with Crippen LogP contribution in [-0.4, -0.2) is 29.4 Å². The lowest BCUT2D eigenvalue weighted by Gasteiger charge is -2.20. The fraction of sp³-hybridized carbons (Fsp3) is 0.429. The quantitative estimate of drug-likeness (QED) is 0.516. The number of hydrogen-bond donors (Lipinski definition) is 1. The van der Waals surface area contributed by atoms with Gasteiger partial charge in [0.15, 0.2) is 0 Å². The Morgan fingerprint density at radius 2 is 2.64 bits per heavy atom. The normalized spacial score (nSPS) is 28.1. The standard InChI is InChI=1S/C7H9N3O/c1-5-6(11)9-7-8-3-2-4-10(5)7/h2-3,5H,4H2,1H3,(H,8,9,11). The first-order valence-electron chi connectivity index (χ1n) is 3.59. The summed E-state index contributed by atoms with van der Waals surface area (Å²) < 4.78 is 0. The van der Waals surface area contributed by atoms with Crippen LogP contribution in [0.4, 0.5) is 0 Å². The molecule has 0 radical (unpaired) electrons. The van der Waals surface area contributed by atoms with E-state index in [0.717, 1.165) is 6.54 Å². The molecule has 1 unspecified atom stereocenters. The summed E-state index contributed by atoms with van der Waals surface area (Å²) in [5.41, 5.74) is 0. The number of carbonyl (C=O) groups is 1. The summed E-state index contributed by atoms with van der Waals surface area (Å²) in [5, 5.41) is 2.69. The number of nitrogens with one attached hydrogen (secondary N) is 1. The minimum absolute atomic E-state index is 0.0347. The lowest BCUT2D eigenvalue weighted by Crippen LogP contribution is -2.35. The predicted molar refractivity (Wildman–Crippen MR) is 40.9 cm³/mol. The highest BCUT2D eigenvalue weighted by molar-refractivity contribution is 6.06. The molecule has 2 aliphatic heterocycles. The van der Waals surface area contributed by atoms with Crippen molar-refractivity contribution in [2.24, 2.45) is 4.99 Å². The maximum atomic E-state index is 11.1. The zero-order chi connectivity index (χ0) is 7.84. The monoisotopic (exact) mass is 151 g/mol. The fourth-order valence-corrected chi connectivity index (χ4v) is 1.25. The van der Waals surface area contributed by atoms with Gasteiger partial charge < -0.3 is 4.90 Å². The van der Waals surface area contributed by atoms with Crippen molar-refractivity contribution in [3.63, 3.8) is 0 Å². The van der Waals surface area contributed by atoms with E-state index in [1.165, 1.54) is 0 Å². The molecular formula is C7H9N3O. The van der Waals surface area contributed by atoms with Crippen LogP contribution < -0.4 is 5.32 Å². The van der Waals surface area contributed by atoms with Gasteiger partial charge in [0.05, 0.1) is 0 Å². The zero-order valence-electron chi connectivity index (χ0n) is 6.24. The molecule has 4 heteroatoms. The third-order valence-corrected chi connectivity index (χ3v) is 1.96. The van der Waals surface area contributed by atoms with Gasteiger partial charge in [0.2, 0.25) is 11.9 Å². The summed E-state index contributed by atoms with van der Waals surface area (Å²) in [4.78, 5) is 17.0. The lowest BCUT2D eigenvalue weighted by molar-refractivity contribution is -0.120. The number of guanidine groups is 1. The second-order valence-corrected chi connectivity index (χ2v) is 2.66. The average Bonchev–Trinajstić information content (AvgIpc) is 2.30. The van der Waals surface area contributed by atoms with Gasteiger partial charge in [-0.2, -0.15) is 0 Å². The van der Waals surface area contributed by atoms with E-state index in [-0.39, 0.29) is 11.9 Å². The molecule has 1 atom stereocenters. The Kier molecular flexibility index (Phi) is 1.21. The summed E-state index contributed by atoms with van der Waals surface area (Å²) in [6, 6.07) is -0.0706. The van der Waals surface area contributed by atoms with Gasteiger partial charge in [0.25, 0.3) is 0 Å². The molecule has 1 fully saturated rings. The SMILES string of the molecule is CC1C(=O)NC2=NC=CCN21. The van der Waals surface area contributed by atoms with Crippen LogP contribution in [0.25, 0.3) is 0 Å². The largest absolute Gasteiger partial charge is 0.327 e. The van der Waals surface area contributed by atoms with Crippen molar-refractivity contribution < 1.29 is 4.79 Å². The molecule has 2 aliphatic rings. The molecule has 1 N–H and O–H groups in total. The molecule has 2 heterocycles. The highest BCUT2D eigenvalue weighted by Crippen LogP contribution is 2.10. The van der Waals surface area contributed by atoms with Crippen molar-refractivity contribution in [1.82, 2.24) is 10.2 Å². The van der Waals surface area contributed by atoms with E-state index < -0.39 is 0 Å². The van der Waals surface area contributed by atoms with Gasteiger partial charge in [0, 0.05) is 12.7 Å². The van der Waals surface area contributed by atoms with E-state index in [4.69, 9.17) is 0 Å². The molecule has 0 aromatic heterocycles. The van der Waals surface area contributed by atoms with Gasteiger partial charge in [-0.3, -0.25) is 10.1 Å². The minimum atomic E-state index is -0.0706. The zero-order valence-corrected chi connectivity index (χ0v) is 6.24. The van der Waals surface area contributed by atoms with Crippen LogP contribution >= 0.6 is 0 Å². The van der Waals surface area contributed by atoms with Crippen molar-refractivity contribution in [2.75, 3.05) is 6.54 Å². The second-order valence-electron chi connectivity index (χ2n) is 2.66. The van der Waals surface area contributed by atoms with E-state index in [0.29, 0.717) is 5.96 Å². The first-order valence-corrected chi connectivity index (χ1v) is 3.59. The van der Waals surface area contributed by atoms with Gasteiger partial charge in [-0.25, -0.2) is 4.99 Å². The maximum absolute atomic E-state index is 11.1. The van der Waals surface area contributed by atoms with Crippen LogP contribution in [0, 0.1) is 0 Å². The van der Waals surface area contributed by atoms with Crippen molar-refractivity contribution in [3.05, 3.63) is 12.3 Å². The Hall–Kier alpha value is -1.32. The van der Waals surface area contributed by atoms with E-state index in [1.807, 2.05) is 17.9 Å². The van der Waals surface area contributed by atoms with Crippen LogP contribution in [0.2, 0.25) is 0 Å². The van der Waals surface area contributed by atoms with Crippen LogP contribution in [0.1, 0.15) is 6.92 Å². The van der Waals surface area contributed by atoms with E-state index in [1.54, 1.807) is 6.20 Å². The fourth-order valence-electron chi connectivity index (χ4n) is 1.25. The van der Waals surface area contributed by atoms with Crippen LogP contribution in [0.3, 0.4) is 0 Å². The Morgan fingerprint density at radius 3 is 3.36 bits per heavy atom. The number of hydrogen-bond acceptors (Lipinski definition) is 3. The predicted octanol–water partition coefficient (Wildman–Crippen LogP) is -0.310. The van der Waals surface area contributed by atoms with E-state index in [2.05, 4.69) is 10.3 Å². The van der Waals surface area contributed by atoms with Crippen LogP contribution in [0.15, 0.2) is 17.3 Å². The molecule has 0 aliphatic carbocycles. The molecule has 1 saturated heterocycles. The third-order valence-electron chi connectivity index (χ3n) is 1.96. The van der Waals surface area contributed by atoms with Crippen molar-refractivity contribution in [3.8, 4) is 0 Å². The summed E-state index contributed by atoms with van der Waals surface area (Å²) in [6.07, 6.45) is 3.64. The van der Waals surface area contributed by atoms with Gasteiger partial charge in [-0.15, -0.1) is 0 Å². The van der Waals surface area contributed by atoms with E-state index in [9.17, 15) is 4.79 Å². The molecule has 1 amide bonds. The first kappa shape index (κ1) is 6.39. The molecule has 4 nitrogen and oxygen atoms in total. The van der Waals surface area contributed by atoms with E-state index >= 15 is 0 Å². The average molecular weight is 151 g/mol. The number of amides is 1. The van der Waals surface area contributed by atoms with Crippen molar-refractivity contribution in [2.45, 2.75) is 13.0 Å². The Morgan fingerprint density at radius 1 is 1.82 bits per heavy atom. The Labute approximate surface area is 64.6 Å². The van der Waals surface area contributed by atoms with Gasteiger partial charge in [-0.05, 0) is 13.0 Å². The molecule has 0 aromatic rings. The molecule has 58 valence electrons.